The van der Waals surface area contributed by atoms with Gasteiger partial charge in [0.25, 0.3) is 0 Å². The molecule has 1 aliphatic rings. The van der Waals surface area contributed by atoms with E-state index in [2.05, 4.69) is 15.3 Å². The molecule has 1 N–H and O–H groups in total. The Morgan fingerprint density at radius 3 is 2.74 bits per heavy atom. The molecule has 2 aromatic rings. The van der Waals surface area contributed by atoms with Gasteiger partial charge in [-0.15, -0.1) is 0 Å². The average molecular weight is 311 g/mol. The van der Waals surface area contributed by atoms with Crippen LogP contribution in [0.25, 0.3) is 16.6 Å². The number of benzene rings is 1. The van der Waals surface area contributed by atoms with Gasteiger partial charge in [-0.2, -0.15) is 0 Å². The maximum Gasteiger partial charge on any atom is 0.327 e. The third-order valence-electron chi connectivity index (χ3n) is 3.56. The first-order valence-electron chi connectivity index (χ1n) is 7.81. The van der Waals surface area contributed by atoms with E-state index in [1.165, 1.54) is 0 Å². The summed E-state index contributed by atoms with van der Waals surface area (Å²) in [7, 11) is 0. The zero-order valence-electron chi connectivity index (χ0n) is 13.7. The number of carbonyl (C=O) groups is 1. The molecule has 1 atom stereocenters. The largest absolute Gasteiger partial charge is 0.459 e. The van der Waals surface area contributed by atoms with Crippen LogP contribution in [0.15, 0.2) is 36.5 Å². The van der Waals surface area contributed by atoms with Crippen molar-refractivity contribution in [3.8, 4) is 0 Å². The van der Waals surface area contributed by atoms with E-state index < -0.39 is 11.6 Å². The van der Waals surface area contributed by atoms with Crippen molar-refractivity contribution in [2.24, 2.45) is 0 Å². The summed E-state index contributed by atoms with van der Waals surface area (Å²) in [5, 5.41) is 3.18. The van der Waals surface area contributed by atoms with E-state index >= 15 is 0 Å². The van der Waals surface area contributed by atoms with E-state index in [1.807, 2.05) is 51.1 Å². The van der Waals surface area contributed by atoms with Gasteiger partial charge in [-0.1, -0.05) is 18.2 Å². The summed E-state index contributed by atoms with van der Waals surface area (Å²) in [4.78, 5) is 21.3. The van der Waals surface area contributed by atoms with E-state index in [9.17, 15) is 4.79 Å². The first kappa shape index (κ1) is 15.6. The van der Waals surface area contributed by atoms with Crippen LogP contribution in [-0.4, -0.2) is 34.1 Å². The van der Waals surface area contributed by atoms with Gasteiger partial charge in [-0.3, -0.25) is 4.98 Å². The lowest BCUT2D eigenvalue weighted by Gasteiger charge is -2.26. The molecule has 23 heavy (non-hydrogen) atoms. The number of rotatable bonds is 2. The van der Waals surface area contributed by atoms with Crippen LogP contribution in [0.5, 0.6) is 0 Å². The van der Waals surface area contributed by atoms with Gasteiger partial charge in [-0.05, 0) is 44.9 Å². The minimum atomic E-state index is -0.493. The van der Waals surface area contributed by atoms with Gasteiger partial charge in [-0.25, -0.2) is 9.78 Å². The Bertz CT molecular complexity index is 762. The number of hydrogen-bond donors (Lipinski definition) is 1. The number of hydrogen-bond acceptors (Lipinski definition) is 5. The summed E-state index contributed by atoms with van der Waals surface area (Å²) >= 11 is 0. The molecular formula is C18H21N3O2. The molecular weight excluding hydrogens is 290 g/mol. The normalized spacial score (nSPS) is 18.6. The number of aromatic nitrogens is 2. The second-order valence-electron chi connectivity index (χ2n) is 6.65. The monoisotopic (exact) mass is 311 g/mol. The van der Waals surface area contributed by atoms with E-state index in [0.29, 0.717) is 6.54 Å². The van der Waals surface area contributed by atoms with Gasteiger partial charge in [0.1, 0.15) is 11.6 Å². The van der Waals surface area contributed by atoms with Crippen LogP contribution < -0.4 is 5.32 Å². The number of ether oxygens (including phenoxy) is 1. The summed E-state index contributed by atoms with van der Waals surface area (Å²) in [5.41, 5.74) is 3.08. The molecule has 0 fully saturated rings. The van der Waals surface area contributed by atoms with E-state index in [0.717, 1.165) is 28.7 Å². The van der Waals surface area contributed by atoms with E-state index in [-0.39, 0.29) is 5.97 Å². The van der Waals surface area contributed by atoms with Crippen LogP contribution in [0.1, 0.15) is 32.9 Å². The van der Waals surface area contributed by atoms with Gasteiger partial charge < -0.3 is 10.1 Å². The number of fused-ring (bicyclic) bond motifs is 1. The summed E-state index contributed by atoms with van der Waals surface area (Å²) in [6.45, 7) is 6.32. The molecule has 0 bridgehead atoms. The molecule has 0 spiro atoms. The Balaban J connectivity index is 1.87. The van der Waals surface area contributed by atoms with Crippen LogP contribution in [-0.2, 0) is 9.53 Å². The predicted molar refractivity (Wildman–Crippen MR) is 89.8 cm³/mol. The molecule has 0 amide bonds. The molecule has 0 aliphatic carbocycles. The molecule has 5 nitrogen and oxygen atoms in total. The molecule has 0 saturated heterocycles. The van der Waals surface area contributed by atoms with E-state index in [4.69, 9.17) is 4.74 Å². The zero-order valence-corrected chi connectivity index (χ0v) is 13.7. The minimum Gasteiger partial charge on any atom is -0.459 e. The van der Waals surface area contributed by atoms with Gasteiger partial charge in [0.15, 0.2) is 0 Å². The van der Waals surface area contributed by atoms with Crippen molar-refractivity contribution >= 4 is 22.6 Å². The fourth-order valence-corrected chi connectivity index (χ4v) is 2.55. The van der Waals surface area contributed by atoms with Crippen LogP contribution in [0.2, 0.25) is 0 Å². The molecule has 1 aromatic heterocycles. The lowest BCUT2D eigenvalue weighted by Crippen LogP contribution is -2.42. The second-order valence-corrected chi connectivity index (χ2v) is 6.65. The lowest BCUT2D eigenvalue weighted by atomic mass is 10.0. The maximum absolute atomic E-state index is 12.2. The number of esters is 1. The van der Waals surface area contributed by atoms with Gasteiger partial charge >= 0.3 is 5.97 Å². The van der Waals surface area contributed by atoms with Crippen LogP contribution in [0, 0.1) is 0 Å². The van der Waals surface area contributed by atoms with Crippen LogP contribution >= 0.6 is 0 Å². The first-order valence-corrected chi connectivity index (χ1v) is 7.81. The predicted octanol–water partition coefficient (Wildman–Crippen LogP) is 2.72. The molecule has 3 rings (SSSR count). The first-order chi connectivity index (χ1) is 10.9. The fraction of sp³-hybridized carbons (Fsp3) is 0.389. The molecule has 2 heterocycles. The van der Waals surface area contributed by atoms with Crippen LogP contribution in [0.3, 0.4) is 0 Å². The highest BCUT2D eigenvalue weighted by atomic mass is 16.6. The Labute approximate surface area is 135 Å². The number of nitrogens with one attached hydrogen (secondary N) is 1. The summed E-state index contributed by atoms with van der Waals surface area (Å²) < 4.78 is 5.45. The topological polar surface area (TPSA) is 64.1 Å². The Kier molecular flexibility index (Phi) is 4.13. The highest BCUT2D eigenvalue weighted by molar-refractivity contribution is 5.83. The maximum atomic E-state index is 12.2. The smallest absolute Gasteiger partial charge is 0.327 e. The highest BCUT2D eigenvalue weighted by Gasteiger charge is 2.26. The third-order valence-corrected chi connectivity index (χ3v) is 3.56. The van der Waals surface area contributed by atoms with Gasteiger partial charge in [0.2, 0.25) is 0 Å². The summed E-state index contributed by atoms with van der Waals surface area (Å²) in [6.07, 6.45) is 4.48. The molecule has 5 heteroatoms. The van der Waals surface area contributed by atoms with Crippen molar-refractivity contribution in [2.45, 2.75) is 38.8 Å². The number of nitrogens with zero attached hydrogens (tertiary/aromatic N) is 2. The Morgan fingerprint density at radius 1 is 1.26 bits per heavy atom. The molecule has 0 saturated carbocycles. The van der Waals surface area contributed by atoms with Crippen molar-refractivity contribution in [3.05, 3.63) is 42.2 Å². The second kappa shape index (κ2) is 6.08. The number of carbonyl (C=O) groups excluding carboxylic acids is 1. The quantitative estimate of drug-likeness (QED) is 0.864. The standard InChI is InChI=1S/C18H21N3O2/c1-18(2,3)23-17(22)15-10-12(8-9-19-15)16-11-20-13-6-4-5-7-14(13)21-16/h4-7,10-11,15,19H,8-9H2,1-3H3. The Hall–Kier alpha value is -2.27. The highest BCUT2D eigenvalue weighted by Crippen LogP contribution is 2.22. The van der Waals surface area contributed by atoms with Crippen molar-refractivity contribution < 1.29 is 9.53 Å². The lowest BCUT2D eigenvalue weighted by molar-refractivity contribution is -0.156. The fourth-order valence-electron chi connectivity index (χ4n) is 2.55. The van der Waals surface area contributed by atoms with E-state index in [1.54, 1.807) is 6.20 Å². The summed E-state index contributed by atoms with van der Waals surface area (Å²) in [6, 6.07) is 7.33. The summed E-state index contributed by atoms with van der Waals surface area (Å²) in [5.74, 6) is -0.261. The van der Waals surface area contributed by atoms with Crippen molar-refractivity contribution in [2.75, 3.05) is 6.54 Å². The van der Waals surface area contributed by atoms with Gasteiger partial charge in [0.05, 0.1) is 22.9 Å². The number of para-hydroxylation sites is 2. The molecule has 1 aromatic carbocycles. The molecule has 1 unspecified atom stereocenters. The van der Waals surface area contributed by atoms with Crippen molar-refractivity contribution in [1.29, 1.82) is 0 Å². The SMILES string of the molecule is CC(C)(C)OC(=O)C1C=C(c2cnc3ccccc3n2)CCN1. The molecule has 120 valence electrons. The Morgan fingerprint density at radius 2 is 2.00 bits per heavy atom. The minimum absolute atomic E-state index is 0.261. The zero-order chi connectivity index (χ0) is 16.4. The molecule has 0 radical (unpaired) electrons. The van der Waals surface area contributed by atoms with Crippen LogP contribution in [0.4, 0.5) is 0 Å². The molecule has 1 aliphatic heterocycles. The average Bonchev–Trinajstić information content (AvgIpc) is 2.53. The third kappa shape index (κ3) is 3.74. The van der Waals surface area contributed by atoms with Gasteiger partial charge in [0, 0.05) is 6.54 Å². The van der Waals surface area contributed by atoms with Crippen molar-refractivity contribution in [1.82, 2.24) is 15.3 Å². The van der Waals surface area contributed by atoms with Crippen molar-refractivity contribution in [3.63, 3.8) is 0 Å².